The minimum absolute atomic E-state index is 0.0571. The summed E-state index contributed by atoms with van der Waals surface area (Å²) in [6, 6.07) is -0.292. The SMILES string of the molecule is CN(C)CCN[C@@H]1CS(=O)(=O)C[C@@H]1O. The van der Waals surface area contributed by atoms with Crippen LogP contribution in [0.3, 0.4) is 0 Å². The van der Waals surface area contributed by atoms with E-state index in [2.05, 4.69) is 5.32 Å². The lowest BCUT2D eigenvalue weighted by Gasteiger charge is -2.16. The first-order chi connectivity index (χ1) is 6.41. The molecule has 1 rings (SSSR count). The van der Waals surface area contributed by atoms with Gasteiger partial charge in [-0.25, -0.2) is 8.42 Å². The highest BCUT2D eigenvalue weighted by Gasteiger charge is 2.35. The Bertz CT molecular complexity index is 276. The Morgan fingerprint density at radius 3 is 2.50 bits per heavy atom. The monoisotopic (exact) mass is 222 g/mol. The van der Waals surface area contributed by atoms with Crippen LogP contribution < -0.4 is 5.32 Å². The van der Waals surface area contributed by atoms with Gasteiger partial charge < -0.3 is 15.3 Å². The first-order valence-electron chi connectivity index (χ1n) is 4.67. The molecular formula is C8H18N2O3S. The van der Waals surface area contributed by atoms with Crippen LogP contribution in [0.25, 0.3) is 0 Å². The number of sulfone groups is 1. The summed E-state index contributed by atoms with van der Waals surface area (Å²) < 4.78 is 22.3. The third-order valence-corrected chi connectivity index (χ3v) is 4.00. The minimum Gasteiger partial charge on any atom is -0.390 e. The molecule has 1 aliphatic heterocycles. The molecule has 0 unspecified atom stereocenters. The zero-order valence-electron chi connectivity index (χ0n) is 8.60. The van der Waals surface area contributed by atoms with Crippen molar-refractivity contribution in [1.82, 2.24) is 10.2 Å². The molecule has 1 fully saturated rings. The molecule has 6 heteroatoms. The Morgan fingerprint density at radius 2 is 2.07 bits per heavy atom. The number of nitrogens with zero attached hydrogens (tertiary/aromatic N) is 1. The largest absolute Gasteiger partial charge is 0.390 e. The fourth-order valence-corrected chi connectivity index (χ4v) is 3.27. The van der Waals surface area contributed by atoms with Crippen LogP contribution >= 0.6 is 0 Å². The molecule has 1 heterocycles. The second-order valence-corrected chi connectivity index (χ2v) is 6.16. The predicted octanol–water partition coefficient (Wildman–Crippen LogP) is -1.70. The van der Waals surface area contributed by atoms with Crippen LogP contribution in [0.1, 0.15) is 0 Å². The minimum atomic E-state index is -3.02. The number of aliphatic hydroxyl groups excluding tert-OH is 1. The molecule has 0 aliphatic carbocycles. The van der Waals surface area contributed by atoms with E-state index in [1.165, 1.54) is 0 Å². The van der Waals surface area contributed by atoms with Crippen LogP contribution in [-0.2, 0) is 9.84 Å². The van der Waals surface area contributed by atoms with Crippen molar-refractivity contribution in [2.75, 3.05) is 38.7 Å². The lowest BCUT2D eigenvalue weighted by molar-refractivity contribution is 0.164. The molecule has 0 amide bonds. The van der Waals surface area contributed by atoms with Crippen molar-refractivity contribution < 1.29 is 13.5 Å². The van der Waals surface area contributed by atoms with E-state index in [1.807, 2.05) is 19.0 Å². The van der Waals surface area contributed by atoms with Gasteiger partial charge in [-0.1, -0.05) is 0 Å². The van der Waals surface area contributed by atoms with Crippen LogP contribution in [0, 0.1) is 0 Å². The van der Waals surface area contributed by atoms with Crippen molar-refractivity contribution in [3.8, 4) is 0 Å². The summed E-state index contributed by atoms with van der Waals surface area (Å²) in [4.78, 5) is 2.00. The number of hydrogen-bond acceptors (Lipinski definition) is 5. The van der Waals surface area contributed by atoms with Gasteiger partial charge in [0.25, 0.3) is 0 Å². The van der Waals surface area contributed by atoms with E-state index in [0.717, 1.165) is 6.54 Å². The normalized spacial score (nSPS) is 31.1. The number of likely N-dealkylation sites (N-methyl/N-ethyl adjacent to an activating group) is 1. The molecule has 14 heavy (non-hydrogen) atoms. The zero-order valence-corrected chi connectivity index (χ0v) is 9.42. The van der Waals surface area contributed by atoms with Gasteiger partial charge in [0.1, 0.15) is 0 Å². The average molecular weight is 222 g/mol. The van der Waals surface area contributed by atoms with Crippen molar-refractivity contribution in [3.63, 3.8) is 0 Å². The molecule has 1 saturated heterocycles. The highest BCUT2D eigenvalue weighted by molar-refractivity contribution is 7.91. The Morgan fingerprint density at radius 1 is 1.43 bits per heavy atom. The molecule has 0 aromatic heterocycles. The van der Waals surface area contributed by atoms with Gasteiger partial charge >= 0.3 is 0 Å². The summed E-state index contributed by atoms with van der Waals surface area (Å²) in [7, 11) is 0.874. The predicted molar refractivity (Wildman–Crippen MR) is 55.0 cm³/mol. The van der Waals surface area contributed by atoms with Gasteiger partial charge in [-0.05, 0) is 14.1 Å². The molecule has 0 saturated carbocycles. The molecule has 5 nitrogen and oxygen atoms in total. The smallest absolute Gasteiger partial charge is 0.154 e. The lowest BCUT2D eigenvalue weighted by Crippen LogP contribution is -2.41. The van der Waals surface area contributed by atoms with E-state index in [4.69, 9.17) is 0 Å². The molecule has 0 aromatic rings. The maximum Gasteiger partial charge on any atom is 0.154 e. The van der Waals surface area contributed by atoms with Gasteiger partial charge in [-0.15, -0.1) is 0 Å². The van der Waals surface area contributed by atoms with Crippen LogP contribution in [-0.4, -0.2) is 69.3 Å². The summed E-state index contributed by atoms with van der Waals surface area (Å²) in [5.74, 6) is -0.0474. The first kappa shape index (κ1) is 11.9. The molecule has 84 valence electrons. The summed E-state index contributed by atoms with van der Waals surface area (Å²) in [6.45, 7) is 1.54. The van der Waals surface area contributed by atoms with Crippen LogP contribution in [0.2, 0.25) is 0 Å². The fourth-order valence-electron chi connectivity index (χ4n) is 1.50. The van der Waals surface area contributed by atoms with Crippen molar-refractivity contribution >= 4 is 9.84 Å². The summed E-state index contributed by atoms with van der Waals surface area (Å²) in [5, 5.41) is 12.5. The van der Waals surface area contributed by atoms with E-state index in [-0.39, 0.29) is 17.5 Å². The number of nitrogens with one attached hydrogen (secondary N) is 1. The summed E-state index contributed by atoms with van der Waals surface area (Å²) in [5.41, 5.74) is 0. The van der Waals surface area contributed by atoms with Crippen LogP contribution in [0.5, 0.6) is 0 Å². The second-order valence-electron chi connectivity index (χ2n) is 4.01. The molecule has 0 aromatic carbocycles. The Kier molecular flexibility index (Phi) is 3.88. The van der Waals surface area contributed by atoms with E-state index in [1.54, 1.807) is 0 Å². The van der Waals surface area contributed by atoms with Crippen molar-refractivity contribution in [2.45, 2.75) is 12.1 Å². The van der Waals surface area contributed by atoms with Crippen LogP contribution in [0.4, 0.5) is 0 Å². The fraction of sp³-hybridized carbons (Fsp3) is 1.00. The molecule has 0 radical (unpaired) electrons. The van der Waals surface area contributed by atoms with Crippen molar-refractivity contribution in [1.29, 1.82) is 0 Å². The van der Waals surface area contributed by atoms with Crippen LogP contribution in [0.15, 0.2) is 0 Å². The van der Waals surface area contributed by atoms with Gasteiger partial charge in [-0.2, -0.15) is 0 Å². The van der Waals surface area contributed by atoms with Gasteiger partial charge in [0.15, 0.2) is 9.84 Å². The number of aliphatic hydroxyl groups is 1. The third kappa shape index (κ3) is 3.53. The second kappa shape index (κ2) is 4.57. The van der Waals surface area contributed by atoms with Gasteiger partial charge in [-0.3, -0.25) is 0 Å². The average Bonchev–Trinajstić information content (AvgIpc) is 2.24. The highest BCUT2D eigenvalue weighted by atomic mass is 32.2. The quantitative estimate of drug-likeness (QED) is 0.593. The van der Waals surface area contributed by atoms with E-state index in [9.17, 15) is 13.5 Å². The molecule has 0 spiro atoms. The highest BCUT2D eigenvalue weighted by Crippen LogP contribution is 2.11. The van der Waals surface area contributed by atoms with Crippen molar-refractivity contribution in [3.05, 3.63) is 0 Å². The maximum absolute atomic E-state index is 11.1. The molecular weight excluding hydrogens is 204 g/mol. The maximum atomic E-state index is 11.1. The standard InChI is InChI=1S/C8H18N2O3S/c1-10(2)4-3-9-7-5-14(12,13)6-8(7)11/h7-9,11H,3-6H2,1-2H3/t7-,8+/m1/s1. The Hall–Kier alpha value is -0.170. The van der Waals surface area contributed by atoms with Gasteiger partial charge in [0.2, 0.25) is 0 Å². The Labute approximate surface area is 85.0 Å². The van der Waals surface area contributed by atoms with Crippen molar-refractivity contribution in [2.24, 2.45) is 0 Å². The molecule has 0 bridgehead atoms. The molecule has 2 atom stereocenters. The first-order valence-corrected chi connectivity index (χ1v) is 6.49. The van der Waals surface area contributed by atoms with E-state index in [0.29, 0.717) is 6.54 Å². The van der Waals surface area contributed by atoms with E-state index < -0.39 is 15.9 Å². The molecule has 1 aliphatic rings. The Balaban J connectivity index is 2.33. The number of rotatable bonds is 4. The summed E-state index contributed by atoms with van der Waals surface area (Å²) in [6.07, 6.45) is -0.748. The zero-order chi connectivity index (χ0) is 10.8. The van der Waals surface area contributed by atoms with E-state index >= 15 is 0 Å². The lowest BCUT2D eigenvalue weighted by atomic mass is 10.2. The molecule has 2 N–H and O–H groups in total. The number of hydrogen-bond donors (Lipinski definition) is 2. The topological polar surface area (TPSA) is 69.6 Å². The third-order valence-electron chi connectivity index (χ3n) is 2.29. The summed E-state index contributed by atoms with van der Waals surface area (Å²) >= 11 is 0. The van der Waals surface area contributed by atoms with Gasteiger partial charge in [0, 0.05) is 19.1 Å². The van der Waals surface area contributed by atoms with Gasteiger partial charge in [0.05, 0.1) is 17.6 Å².